The largest absolute Gasteiger partial charge is 0.354 e. The van der Waals surface area contributed by atoms with Gasteiger partial charge in [-0.2, -0.15) is 0 Å². The van der Waals surface area contributed by atoms with Crippen LogP contribution < -0.4 is 16.4 Å². The van der Waals surface area contributed by atoms with E-state index in [2.05, 4.69) is 15.0 Å². The van der Waals surface area contributed by atoms with Crippen molar-refractivity contribution in [2.45, 2.75) is 0 Å². The average Bonchev–Trinajstić information content (AvgIpc) is 2.38. The molecular formula is C11H16N6. The number of hydrogen-bond donors (Lipinski definition) is 2. The van der Waals surface area contributed by atoms with Crippen molar-refractivity contribution < 1.29 is 0 Å². The van der Waals surface area contributed by atoms with Crippen LogP contribution in [0.2, 0.25) is 0 Å². The van der Waals surface area contributed by atoms with E-state index in [1.54, 1.807) is 12.4 Å². The molecule has 0 saturated carbocycles. The van der Waals surface area contributed by atoms with Gasteiger partial charge in [0, 0.05) is 38.6 Å². The van der Waals surface area contributed by atoms with Gasteiger partial charge in [0.2, 0.25) is 0 Å². The maximum Gasteiger partial charge on any atom is 0.180 e. The van der Waals surface area contributed by atoms with E-state index in [4.69, 9.17) is 11.5 Å². The molecule has 0 amide bonds. The third-order valence-electron chi connectivity index (χ3n) is 2.44. The van der Waals surface area contributed by atoms with Gasteiger partial charge in [-0.25, -0.2) is 9.97 Å². The number of pyridine rings is 1. The quantitative estimate of drug-likeness (QED) is 0.738. The van der Waals surface area contributed by atoms with Crippen LogP contribution in [0.1, 0.15) is 0 Å². The first-order valence-corrected chi connectivity index (χ1v) is 5.58. The summed E-state index contributed by atoms with van der Waals surface area (Å²) in [6.07, 6.45) is 3.29. The van der Waals surface area contributed by atoms with E-state index in [9.17, 15) is 0 Å². The monoisotopic (exact) mass is 232 g/mol. The Balaban J connectivity index is 2.32. The van der Waals surface area contributed by atoms with Crippen molar-refractivity contribution in [1.29, 1.82) is 0 Å². The zero-order valence-electron chi connectivity index (χ0n) is 9.58. The second kappa shape index (κ2) is 5.51. The highest BCUT2D eigenvalue weighted by Gasteiger charge is 2.07. The maximum absolute atomic E-state index is 5.57. The molecule has 0 spiro atoms. The van der Waals surface area contributed by atoms with Gasteiger partial charge in [0.1, 0.15) is 11.3 Å². The lowest BCUT2D eigenvalue weighted by atomic mass is 10.3. The van der Waals surface area contributed by atoms with Crippen LogP contribution in [0.3, 0.4) is 0 Å². The van der Waals surface area contributed by atoms with Crippen LogP contribution in [0.4, 0.5) is 5.82 Å². The molecule has 0 radical (unpaired) electrons. The second-order valence-electron chi connectivity index (χ2n) is 3.63. The predicted octanol–water partition coefficient (Wildman–Crippen LogP) is -0.251. The van der Waals surface area contributed by atoms with Crippen LogP contribution in [0, 0.1) is 0 Å². The van der Waals surface area contributed by atoms with E-state index in [1.165, 1.54) is 0 Å². The normalized spacial score (nSPS) is 10.7. The molecule has 2 aromatic rings. The van der Waals surface area contributed by atoms with Gasteiger partial charge in [-0.3, -0.25) is 4.98 Å². The van der Waals surface area contributed by atoms with Crippen LogP contribution in [-0.4, -0.2) is 41.1 Å². The number of nitrogens with two attached hydrogens (primary N) is 2. The first kappa shape index (κ1) is 11.7. The van der Waals surface area contributed by atoms with Gasteiger partial charge in [-0.15, -0.1) is 0 Å². The molecule has 4 N–H and O–H groups in total. The van der Waals surface area contributed by atoms with E-state index < -0.39 is 0 Å². The summed E-state index contributed by atoms with van der Waals surface area (Å²) in [6, 6.07) is 3.83. The van der Waals surface area contributed by atoms with Gasteiger partial charge in [0.15, 0.2) is 5.65 Å². The Morgan fingerprint density at radius 2 is 1.71 bits per heavy atom. The molecule has 6 nitrogen and oxygen atoms in total. The Morgan fingerprint density at radius 3 is 2.41 bits per heavy atom. The minimum Gasteiger partial charge on any atom is -0.354 e. The van der Waals surface area contributed by atoms with Crippen molar-refractivity contribution in [2.75, 3.05) is 31.1 Å². The van der Waals surface area contributed by atoms with Crippen molar-refractivity contribution in [3.8, 4) is 0 Å². The lowest BCUT2D eigenvalue weighted by Gasteiger charge is -2.22. The van der Waals surface area contributed by atoms with Crippen molar-refractivity contribution >= 4 is 17.0 Å². The molecule has 90 valence electrons. The molecule has 17 heavy (non-hydrogen) atoms. The molecule has 2 rings (SSSR count). The van der Waals surface area contributed by atoms with Crippen LogP contribution in [0.15, 0.2) is 24.5 Å². The Kier molecular flexibility index (Phi) is 3.79. The molecule has 2 aromatic heterocycles. The summed E-state index contributed by atoms with van der Waals surface area (Å²) in [6.45, 7) is 2.60. The minimum atomic E-state index is 0.570. The summed E-state index contributed by atoms with van der Waals surface area (Å²) < 4.78 is 0. The van der Waals surface area contributed by atoms with Crippen molar-refractivity contribution in [3.05, 3.63) is 24.5 Å². The fraction of sp³-hybridized carbons (Fsp3) is 0.364. The summed E-state index contributed by atoms with van der Waals surface area (Å²) in [7, 11) is 0. The molecule has 0 aliphatic carbocycles. The Morgan fingerprint density at radius 1 is 1.00 bits per heavy atom. The molecule has 0 aliphatic heterocycles. The highest BCUT2D eigenvalue weighted by atomic mass is 15.2. The van der Waals surface area contributed by atoms with E-state index in [1.807, 2.05) is 17.0 Å². The molecule has 0 bridgehead atoms. The van der Waals surface area contributed by atoms with Gasteiger partial charge in [-0.05, 0) is 12.1 Å². The number of aromatic nitrogens is 3. The minimum absolute atomic E-state index is 0.570. The van der Waals surface area contributed by atoms with Gasteiger partial charge < -0.3 is 16.4 Å². The van der Waals surface area contributed by atoms with Crippen molar-refractivity contribution in [2.24, 2.45) is 11.5 Å². The third kappa shape index (κ3) is 2.66. The molecule has 0 aliphatic rings. The predicted molar refractivity (Wildman–Crippen MR) is 67.7 cm³/mol. The van der Waals surface area contributed by atoms with E-state index in [-0.39, 0.29) is 0 Å². The first-order chi connectivity index (χ1) is 8.35. The topological polar surface area (TPSA) is 94.0 Å². The molecule has 0 saturated heterocycles. The molecule has 0 aromatic carbocycles. The van der Waals surface area contributed by atoms with Crippen molar-refractivity contribution in [1.82, 2.24) is 15.0 Å². The average molecular weight is 232 g/mol. The number of fused-ring (bicyclic) bond motifs is 1. The number of hydrogen-bond acceptors (Lipinski definition) is 6. The lowest BCUT2D eigenvalue weighted by Crippen LogP contribution is -2.34. The van der Waals surface area contributed by atoms with E-state index in [0.29, 0.717) is 18.7 Å². The molecular weight excluding hydrogens is 216 g/mol. The first-order valence-electron chi connectivity index (χ1n) is 5.58. The summed E-state index contributed by atoms with van der Waals surface area (Å²) in [5.74, 6) is 0.842. The SMILES string of the molecule is NCCN(CCN)c1ccc2nccnc2n1. The Labute approximate surface area is 99.7 Å². The number of nitrogens with zero attached hydrogens (tertiary/aromatic N) is 4. The molecule has 2 heterocycles. The van der Waals surface area contributed by atoms with E-state index >= 15 is 0 Å². The fourth-order valence-electron chi connectivity index (χ4n) is 1.67. The summed E-state index contributed by atoms with van der Waals surface area (Å²) in [5.41, 5.74) is 12.6. The Hall–Kier alpha value is -1.79. The Bertz CT molecular complexity index is 480. The highest BCUT2D eigenvalue weighted by Crippen LogP contribution is 2.14. The van der Waals surface area contributed by atoms with Crippen LogP contribution in [0.5, 0.6) is 0 Å². The summed E-state index contributed by atoms with van der Waals surface area (Å²) >= 11 is 0. The molecule has 0 atom stereocenters. The number of rotatable bonds is 5. The van der Waals surface area contributed by atoms with E-state index in [0.717, 1.165) is 24.4 Å². The third-order valence-corrected chi connectivity index (χ3v) is 2.44. The van der Waals surface area contributed by atoms with Gasteiger partial charge in [0.05, 0.1) is 0 Å². The van der Waals surface area contributed by atoms with Crippen LogP contribution in [-0.2, 0) is 0 Å². The zero-order chi connectivity index (χ0) is 12.1. The van der Waals surface area contributed by atoms with Gasteiger partial charge in [0.25, 0.3) is 0 Å². The lowest BCUT2D eigenvalue weighted by molar-refractivity contribution is 0.771. The zero-order valence-corrected chi connectivity index (χ0v) is 9.58. The standard InChI is InChI=1S/C11H16N6/c12-3-7-17(8-4-13)10-2-1-9-11(16-10)15-6-5-14-9/h1-2,5-6H,3-4,7-8,12-13H2. The summed E-state index contributed by atoms with van der Waals surface area (Å²) in [4.78, 5) is 14.9. The smallest absolute Gasteiger partial charge is 0.180 e. The molecule has 0 unspecified atom stereocenters. The van der Waals surface area contributed by atoms with Crippen molar-refractivity contribution in [3.63, 3.8) is 0 Å². The number of anilines is 1. The van der Waals surface area contributed by atoms with Gasteiger partial charge >= 0.3 is 0 Å². The second-order valence-corrected chi connectivity index (χ2v) is 3.63. The molecule has 6 heteroatoms. The highest BCUT2D eigenvalue weighted by molar-refractivity contribution is 5.71. The maximum atomic E-state index is 5.57. The van der Waals surface area contributed by atoms with Crippen LogP contribution in [0.25, 0.3) is 11.2 Å². The molecule has 0 fully saturated rings. The summed E-state index contributed by atoms with van der Waals surface area (Å²) in [5, 5.41) is 0. The van der Waals surface area contributed by atoms with Gasteiger partial charge in [-0.1, -0.05) is 0 Å². The fourth-order valence-corrected chi connectivity index (χ4v) is 1.67. The van der Waals surface area contributed by atoms with Crippen LogP contribution >= 0.6 is 0 Å².